The lowest BCUT2D eigenvalue weighted by Crippen LogP contribution is -2.15. The van der Waals surface area contributed by atoms with E-state index in [1.165, 1.54) is 0 Å². The van der Waals surface area contributed by atoms with E-state index in [0.717, 1.165) is 34.6 Å². The van der Waals surface area contributed by atoms with Crippen LogP contribution >= 0.6 is 31.9 Å². The van der Waals surface area contributed by atoms with Crippen LogP contribution < -0.4 is 20.1 Å². The average Bonchev–Trinajstić information content (AvgIpc) is 2.87. The maximum atomic E-state index is 12.9. The SMILES string of the molecule is CCCCOc1ccc(Br)cc1C(=O)Nc1ccc(NC(=O)c2cc(Br)ccc2OCCCC)cc1. The number of hydrogen-bond donors (Lipinski definition) is 2. The van der Waals surface area contributed by atoms with Gasteiger partial charge < -0.3 is 20.1 Å². The summed E-state index contributed by atoms with van der Waals surface area (Å²) in [6.07, 6.45) is 3.85. The van der Waals surface area contributed by atoms with Gasteiger partial charge in [0.25, 0.3) is 11.8 Å². The smallest absolute Gasteiger partial charge is 0.259 e. The molecule has 2 N–H and O–H groups in total. The molecule has 0 heterocycles. The van der Waals surface area contributed by atoms with E-state index in [4.69, 9.17) is 9.47 Å². The van der Waals surface area contributed by atoms with Crippen molar-refractivity contribution < 1.29 is 19.1 Å². The topological polar surface area (TPSA) is 76.7 Å². The van der Waals surface area contributed by atoms with E-state index in [9.17, 15) is 9.59 Å². The molecule has 0 saturated carbocycles. The van der Waals surface area contributed by atoms with Gasteiger partial charge >= 0.3 is 0 Å². The maximum Gasteiger partial charge on any atom is 0.259 e. The number of rotatable bonds is 12. The van der Waals surface area contributed by atoms with Crippen LogP contribution in [-0.2, 0) is 0 Å². The first-order valence-electron chi connectivity index (χ1n) is 12.0. The van der Waals surface area contributed by atoms with Crippen molar-refractivity contribution in [3.05, 3.63) is 80.7 Å². The summed E-state index contributed by atoms with van der Waals surface area (Å²) >= 11 is 6.85. The number of amides is 2. The van der Waals surface area contributed by atoms with Gasteiger partial charge in [0.15, 0.2) is 0 Å². The van der Waals surface area contributed by atoms with E-state index >= 15 is 0 Å². The third kappa shape index (κ3) is 8.10. The summed E-state index contributed by atoms with van der Waals surface area (Å²) in [5, 5.41) is 5.79. The molecule has 2 amide bonds. The lowest BCUT2D eigenvalue weighted by Gasteiger charge is -2.13. The molecule has 36 heavy (non-hydrogen) atoms. The lowest BCUT2D eigenvalue weighted by molar-refractivity contribution is 0.101. The molecule has 190 valence electrons. The third-order valence-corrected chi connectivity index (χ3v) is 6.27. The first kappa shape index (κ1) is 27.7. The van der Waals surface area contributed by atoms with Crippen molar-refractivity contribution in [3.8, 4) is 11.5 Å². The summed E-state index contributed by atoms with van der Waals surface area (Å²) in [5.41, 5.74) is 2.10. The molecule has 0 bridgehead atoms. The molecule has 0 aliphatic heterocycles. The summed E-state index contributed by atoms with van der Waals surface area (Å²) in [6.45, 7) is 5.28. The second-order valence-corrected chi connectivity index (χ2v) is 10.0. The van der Waals surface area contributed by atoms with E-state index in [-0.39, 0.29) is 11.8 Å². The minimum absolute atomic E-state index is 0.275. The predicted molar refractivity (Wildman–Crippen MR) is 151 cm³/mol. The largest absolute Gasteiger partial charge is 0.493 e. The number of benzene rings is 3. The highest BCUT2D eigenvalue weighted by atomic mass is 79.9. The van der Waals surface area contributed by atoms with Crippen molar-refractivity contribution in [1.82, 2.24) is 0 Å². The van der Waals surface area contributed by atoms with Crippen molar-refractivity contribution in [2.24, 2.45) is 0 Å². The van der Waals surface area contributed by atoms with Gasteiger partial charge in [-0.1, -0.05) is 58.5 Å². The van der Waals surface area contributed by atoms with Crippen LogP contribution in [0.5, 0.6) is 11.5 Å². The molecule has 3 rings (SSSR count). The van der Waals surface area contributed by atoms with Crippen molar-refractivity contribution in [2.45, 2.75) is 39.5 Å². The van der Waals surface area contributed by atoms with Gasteiger partial charge in [0.05, 0.1) is 24.3 Å². The Bertz CT molecular complexity index is 1090. The van der Waals surface area contributed by atoms with Gasteiger partial charge in [0, 0.05) is 20.3 Å². The van der Waals surface area contributed by atoms with E-state index < -0.39 is 0 Å². The van der Waals surface area contributed by atoms with Crippen LogP contribution in [0.15, 0.2) is 69.6 Å². The average molecular weight is 618 g/mol. The molecule has 0 aromatic heterocycles. The summed E-state index contributed by atoms with van der Waals surface area (Å²) < 4.78 is 13.2. The highest BCUT2D eigenvalue weighted by Gasteiger charge is 2.16. The molecule has 0 radical (unpaired) electrons. The first-order chi connectivity index (χ1) is 17.4. The van der Waals surface area contributed by atoms with E-state index in [1.54, 1.807) is 48.5 Å². The molecule has 6 nitrogen and oxygen atoms in total. The Labute approximate surface area is 229 Å². The summed E-state index contributed by atoms with van der Waals surface area (Å²) in [7, 11) is 0. The second-order valence-electron chi connectivity index (χ2n) is 8.17. The number of anilines is 2. The fourth-order valence-electron chi connectivity index (χ4n) is 3.30. The van der Waals surface area contributed by atoms with Crippen LogP contribution in [0, 0.1) is 0 Å². The molecule has 0 fully saturated rings. The fraction of sp³-hybridized carbons (Fsp3) is 0.286. The van der Waals surface area contributed by atoms with Crippen molar-refractivity contribution >= 4 is 55.0 Å². The minimum atomic E-state index is -0.275. The van der Waals surface area contributed by atoms with Crippen molar-refractivity contribution in [1.29, 1.82) is 0 Å². The molecule has 3 aromatic carbocycles. The zero-order valence-electron chi connectivity index (χ0n) is 20.4. The zero-order valence-corrected chi connectivity index (χ0v) is 23.6. The van der Waals surface area contributed by atoms with Gasteiger partial charge in [0.2, 0.25) is 0 Å². The second kappa shape index (κ2) is 14.0. The minimum Gasteiger partial charge on any atom is -0.493 e. The van der Waals surface area contributed by atoms with Crippen LogP contribution in [0.4, 0.5) is 11.4 Å². The van der Waals surface area contributed by atoms with Crippen LogP contribution in [0.1, 0.15) is 60.2 Å². The van der Waals surface area contributed by atoms with Crippen molar-refractivity contribution in [2.75, 3.05) is 23.8 Å². The Morgan fingerprint density at radius 3 is 1.42 bits per heavy atom. The molecule has 0 aliphatic carbocycles. The number of hydrogen-bond acceptors (Lipinski definition) is 4. The van der Waals surface area contributed by atoms with Crippen molar-refractivity contribution in [3.63, 3.8) is 0 Å². The number of halogens is 2. The molecular weight excluding hydrogens is 588 g/mol. The Balaban J connectivity index is 1.67. The lowest BCUT2D eigenvalue weighted by atomic mass is 10.1. The third-order valence-electron chi connectivity index (χ3n) is 5.28. The highest BCUT2D eigenvalue weighted by Crippen LogP contribution is 2.27. The number of carbonyl (C=O) groups is 2. The molecule has 0 atom stereocenters. The quantitative estimate of drug-likeness (QED) is 0.201. The number of ether oxygens (including phenoxy) is 2. The normalized spacial score (nSPS) is 10.6. The van der Waals surface area contributed by atoms with Gasteiger partial charge in [-0.2, -0.15) is 0 Å². The summed E-state index contributed by atoms with van der Waals surface area (Å²) in [4.78, 5) is 25.9. The first-order valence-corrected chi connectivity index (χ1v) is 13.6. The molecule has 0 spiro atoms. The maximum absolute atomic E-state index is 12.9. The molecule has 8 heteroatoms. The van der Waals surface area contributed by atoms with Gasteiger partial charge in [-0.15, -0.1) is 0 Å². The van der Waals surface area contributed by atoms with Gasteiger partial charge in [-0.25, -0.2) is 0 Å². The number of carbonyl (C=O) groups excluding carboxylic acids is 2. The predicted octanol–water partition coefficient (Wildman–Crippen LogP) is 8.07. The van der Waals surface area contributed by atoms with Crippen LogP contribution in [0.3, 0.4) is 0 Å². The number of unbranched alkanes of at least 4 members (excludes halogenated alkanes) is 2. The summed E-state index contributed by atoms with van der Waals surface area (Å²) in [6, 6.07) is 17.7. The van der Waals surface area contributed by atoms with Gasteiger partial charge in [0.1, 0.15) is 11.5 Å². The Morgan fingerprint density at radius 1 is 0.667 bits per heavy atom. The molecule has 0 aliphatic rings. The summed E-state index contributed by atoms with van der Waals surface area (Å²) in [5.74, 6) is 0.531. The number of nitrogens with one attached hydrogen (secondary N) is 2. The fourth-order valence-corrected chi connectivity index (χ4v) is 4.02. The van der Waals surface area contributed by atoms with E-state index in [0.29, 0.717) is 47.2 Å². The Kier molecular flexibility index (Phi) is 10.8. The molecular formula is C28H30Br2N2O4. The van der Waals surface area contributed by atoms with Crippen LogP contribution in [0.2, 0.25) is 0 Å². The van der Waals surface area contributed by atoms with Crippen LogP contribution in [0.25, 0.3) is 0 Å². The Morgan fingerprint density at radius 2 is 1.06 bits per heavy atom. The van der Waals surface area contributed by atoms with Gasteiger partial charge in [-0.05, 0) is 73.5 Å². The van der Waals surface area contributed by atoms with E-state index in [1.807, 2.05) is 12.1 Å². The zero-order chi connectivity index (χ0) is 25.9. The van der Waals surface area contributed by atoms with E-state index in [2.05, 4.69) is 56.3 Å². The molecule has 0 unspecified atom stereocenters. The van der Waals surface area contributed by atoms with Gasteiger partial charge in [-0.3, -0.25) is 9.59 Å². The monoisotopic (exact) mass is 616 g/mol. The molecule has 3 aromatic rings. The highest BCUT2D eigenvalue weighted by molar-refractivity contribution is 9.10. The molecule has 0 saturated heterocycles. The van der Waals surface area contributed by atoms with Crippen LogP contribution in [-0.4, -0.2) is 25.0 Å². The Hall–Kier alpha value is -2.84. The standard InChI is InChI=1S/C28H30Br2N2O4/c1-3-5-15-35-25-13-7-19(29)17-23(25)27(33)31-21-9-11-22(12-10-21)32-28(34)24-18-20(30)8-14-26(24)36-16-6-4-2/h7-14,17-18H,3-6,15-16H2,1-2H3,(H,31,33)(H,32,34).